The number of aromatic nitrogens is 4. The lowest BCUT2D eigenvalue weighted by atomic mass is 9.93. The first-order chi connectivity index (χ1) is 11.7. The summed E-state index contributed by atoms with van der Waals surface area (Å²) in [5.74, 6) is 0.393. The molecule has 120 valence electrons. The minimum atomic E-state index is -0.0277. The van der Waals surface area contributed by atoms with Gasteiger partial charge in [0.2, 0.25) is 0 Å². The minimum absolute atomic E-state index is 0.0277. The Morgan fingerprint density at radius 2 is 1.83 bits per heavy atom. The highest BCUT2D eigenvalue weighted by Crippen LogP contribution is 2.31. The summed E-state index contributed by atoms with van der Waals surface area (Å²) >= 11 is 0. The van der Waals surface area contributed by atoms with Crippen molar-refractivity contribution in [1.29, 1.82) is 0 Å². The fourth-order valence-corrected chi connectivity index (χ4v) is 3.26. The Balaban J connectivity index is 1.78. The van der Waals surface area contributed by atoms with Crippen LogP contribution < -0.4 is 4.90 Å². The molecule has 0 unspecified atom stereocenters. The minimum Gasteiger partial charge on any atom is -0.308 e. The van der Waals surface area contributed by atoms with Gasteiger partial charge in [0, 0.05) is 12.2 Å². The van der Waals surface area contributed by atoms with E-state index in [1.807, 2.05) is 47.4 Å². The molecule has 2 heterocycles. The van der Waals surface area contributed by atoms with Gasteiger partial charge >= 0.3 is 0 Å². The van der Waals surface area contributed by atoms with Crippen molar-refractivity contribution in [2.75, 3.05) is 11.4 Å². The molecule has 1 aromatic heterocycles. The van der Waals surface area contributed by atoms with Crippen LogP contribution in [0, 0.1) is 5.92 Å². The quantitative estimate of drug-likeness (QED) is 0.728. The molecule has 1 aliphatic heterocycles. The van der Waals surface area contributed by atoms with E-state index >= 15 is 0 Å². The van der Waals surface area contributed by atoms with Crippen LogP contribution in [0.25, 0.3) is 5.69 Å². The summed E-state index contributed by atoms with van der Waals surface area (Å²) in [6.07, 6.45) is 2.49. The predicted octanol–water partition coefficient (Wildman–Crippen LogP) is 2.50. The van der Waals surface area contributed by atoms with Gasteiger partial charge in [0.05, 0.1) is 11.3 Å². The molecule has 1 aliphatic rings. The van der Waals surface area contributed by atoms with Gasteiger partial charge in [-0.25, -0.2) is 0 Å². The average molecular weight is 319 g/mol. The lowest BCUT2D eigenvalue weighted by Crippen LogP contribution is -2.39. The maximum atomic E-state index is 13.3. The second kappa shape index (κ2) is 5.88. The highest BCUT2D eigenvalue weighted by molar-refractivity contribution is 6.09. The lowest BCUT2D eigenvalue weighted by Gasteiger charge is -2.33. The van der Waals surface area contributed by atoms with Crippen molar-refractivity contribution in [3.63, 3.8) is 0 Å². The van der Waals surface area contributed by atoms with E-state index in [4.69, 9.17) is 0 Å². The number of amides is 1. The third-order valence-corrected chi connectivity index (χ3v) is 4.32. The first kappa shape index (κ1) is 14.6. The van der Waals surface area contributed by atoms with Crippen molar-refractivity contribution in [1.82, 2.24) is 20.2 Å². The van der Waals surface area contributed by atoms with Crippen molar-refractivity contribution in [3.8, 4) is 5.69 Å². The standard InChI is InChI=1S/C18H17N5O/c1-13-10-14-6-2-4-8-16(14)22(11-13)18(24)15-7-3-5-9-17(15)23-12-19-20-21-23/h2-9,12-13H,10-11H2,1H3/t13-/m1/s1. The Hall–Kier alpha value is -3.02. The number of para-hydroxylation sites is 2. The zero-order valence-electron chi connectivity index (χ0n) is 13.3. The van der Waals surface area contributed by atoms with Gasteiger partial charge in [-0.3, -0.25) is 4.79 Å². The fraction of sp³-hybridized carbons (Fsp3) is 0.222. The molecule has 0 aliphatic carbocycles. The van der Waals surface area contributed by atoms with Crippen LogP contribution in [0.2, 0.25) is 0 Å². The molecule has 4 rings (SSSR count). The van der Waals surface area contributed by atoms with Crippen LogP contribution in [0.4, 0.5) is 5.69 Å². The number of fused-ring (bicyclic) bond motifs is 1. The molecular formula is C18H17N5O. The molecule has 24 heavy (non-hydrogen) atoms. The molecule has 0 fully saturated rings. The molecule has 0 N–H and O–H groups in total. The SMILES string of the molecule is C[C@@H]1Cc2ccccc2N(C(=O)c2ccccc2-n2cnnn2)C1. The van der Waals surface area contributed by atoms with Gasteiger partial charge in [-0.1, -0.05) is 37.3 Å². The topological polar surface area (TPSA) is 63.9 Å². The molecule has 0 radical (unpaired) electrons. The van der Waals surface area contributed by atoms with E-state index in [0.717, 1.165) is 12.1 Å². The van der Waals surface area contributed by atoms with E-state index in [9.17, 15) is 4.79 Å². The second-order valence-electron chi connectivity index (χ2n) is 6.13. The smallest absolute Gasteiger partial charge is 0.260 e. The first-order valence-corrected chi connectivity index (χ1v) is 7.96. The van der Waals surface area contributed by atoms with Crippen LogP contribution in [-0.4, -0.2) is 32.7 Å². The summed E-state index contributed by atoms with van der Waals surface area (Å²) < 4.78 is 1.52. The Morgan fingerprint density at radius 1 is 1.08 bits per heavy atom. The number of nitrogens with zero attached hydrogens (tertiary/aromatic N) is 5. The van der Waals surface area contributed by atoms with E-state index in [0.29, 0.717) is 23.7 Å². The van der Waals surface area contributed by atoms with Gasteiger partial charge in [-0.05, 0) is 46.5 Å². The van der Waals surface area contributed by atoms with Crippen LogP contribution >= 0.6 is 0 Å². The van der Waals surface area contributed by atoms with Crippen LogP contribution in [0.1, 0.15) is 22.8 Å². The lowest BCUT2D eigenvalue weighted by molar-refractivity contribution is 0.0981. The molecule has 0 bridgehead atoms. The molecular weight excluding hydrogens is 302 g/mol. The zero-order valence-corrected chi connectivity index (χ0v) is 13.3. The number of carbonyl (C=O) groups excluding carboxylic acids is 1. The Kier molecular flexibility index (Phi) is 3.57. The molecule has 1 amide bonds. The maximum absolute atomic E-state index is 13.3. The highest BCUT2D eigenvalue weighted by Gasteiger charge is 2.28. The number of hydrogen-bond acceptors (Lipinski definition) is 4. The fourth-order valence-electron chi connectivity index (χ4n) is 3.26. The summed E-state index contributed by atoms with van der Waals surface area (Å²) in [5, 5.41) is 11.3. The third-order valence-electron chi connectivity index (χ3n) is 4.32. The van der Waals surface area contributed by atoms with Crippen molar-refractivity contribution < 1.29 is 4.79 Å². The van der Waals surface area contributed by atoms with Crippen molar-refractivity contribution in [2.24, 2.45) is 5.92 Å². The molecule has 2 aromatic carbocycles. The largest absolute Gasteiger partial charge is 0.308 e. The monoisotopic (exact) mass is 319 g/mol. The molecule has 3 aromatic rings. The van der Waals surface area contributed by atoms with Crippen LogP contribution in [0.3, 0.4) is 0 Å². The van der Waals surface area contributed by atoms with E-state index in [-0.39, 0.29) is 5.91 Å². The Labute approximate surface area is 139 Å². The van der Waals surface area contributed by atoms with E-state index in [1.54, 1.807) is 0 Å². The number of benzene rings is 2. The summed E-state index contributed by atoms with van der Waals surface area (Å²) in [6.45, 7) is 2.88. The summed E-state index contributed by atoms with van der Waals surface area (Å²) in [7, 11) is 0. The number of hydrogen-bond donors (Lipinski definition) is 0. The second-order valence-corrected chi connectivity index (χ2v) is 6.13. The Bertz CT molecular complexity index is 875. The molecule has 6 nitrogen and oxygen atoms in total. The Morgan fingerprint density at radius 3 is 2.62 bits per heavy atom. The van der Waals surface area contributed by atoms with Crippen LogP contribution in [0.15, 0.2) is 54.9 Å². The average Bonchev–Trinajstić information content (AvgIpc) is 3.15. The van der Waals surface area contributed by atoms with Gasteiger partial charge in [0.15, 0.2) is 0 Å². The van der Waals surface area contributed by atoms with Gasteiger partial charge in [0.25, 0.3) is 5.91 Å². The van der Waals surface area contributed by atoms with E-state index < -0.39 is 0 Å². The predicted molar refractivity (Wildman–Crippen MR) is 90.1 cm³/mol. The molecule has 6 heteroatoms. The van der Waals surface area contributed by atoms with Gasteiger partial charge < -0.3 is 4.90 Å². The maximum Gasteiger partial charge on any atom is 0.260 e. The molecule has 0 saturated carbocycles. The zero-order chi connectivity index (χ0) is 16.5. The van der Waals surface area contributed by atoms with E-state index in [1.165, 1.54) is 16.6 Å². The van der Waals surface area contributed by atoms with Gasteiger partial charge in [0.1, 0.15) is 6.33 Å². The number of carbonyl (C=O) groups is 1. The van der Waals surface area contributed by atoms with Crippen molar-refractivity contribution >= 4 is 11.6 Å². The number of tetrazole rings is 1. The number of rotatable bonds is 2. The third kappa shape index (κ3) is 2.46. The summed E-state index contributed by atoms with van der Waals surface area (Å²) in [6, 6.07) is 15.5. The summed E-state index contributed by atoms with van der Waals surface area (Å²) in [4.78, 5) is 15.1. The first-order valence-electron chi connectivity index (χ1n) is 7.96. The van der Waals surface area contributed by atoms with Crippen LogP contribution in [0.5, 0.6) is 0 Å². The normalized spacial score (nSPS) is 16.7. The number of anilines is 1. The van der Waals surface area contributed by atoms with E-state index in [2.05, 4.69) is 28.5 Å². The van der Waals surface area contributed by atoms with Crippen LogP contribution in [-0.2, 0) is 6.42 Å². The van der Waals surface area contributed by atoms with Crippen molar-refractivity contribution in [3.05, 3.63) is 66.0 Å². The van der Waals surface area contributed by atoms with Gasteiger partial charge in [-0.2, -0.15) is 4.68 Å². The molecule has 0 spiro atoms. The summed E-state index contributed by atoms with van der Waals surface area (Å²) in [5.41, 5.74) is 3.48. The highest BCUT2D eigenvalue weighted by atomic mass is 16.2. The van der Waals surface area contributed by atoms with Crippen molar-refractivity contribution in [2.45, 2.75) is 13.3 Å². The molecule has 0 saturated heterocycles. The molecule has 1 atom stereocenters. The van der Waals surface area contributed by atoms with Gasteiger partial charge in [-0.15, -0.1) is 5.10 Å².